The number of imide groups is 1. The molecule has 6 nitrogen and oxygen atoms in total. The van der Waals surface area contributed by atoms with Gasteiger partial charge >= 0.3 is 0 Å². The van der Waals surface area contributed by atoms with Gasteiger partial charge in [0.05, 0.1) is 17.5 Å². The molecule has 2 aliphatic rings. The molecule has 0 radical (unpaired) electrons. The number of thioether (sulfide) groups is 2. The quantitative estimate of drug-likeness (QED) is 0.775. The van der Waals surface area contributed by atoms with Crippen molar-refractivity contribution < 1.29 is 14.4 Å². The molecule has 8 heteroatoms. The highest BCUT2D eigenvalue weighted by Crippen LogP contribution is 2.27. The molecule has 1 aromatic rings. The van der Waals surface area contributed by atoms with Crippen molar-refractivity contribution in [1.82, 2.24) is 14.8 Å². The van der Waals surface area contributed by atoms with E-state index in [1.807, 2.05) is 12.1 Å². The molecule has 22 heavy (non-hydrogen) atoms. The summed E-state index contributed by atoms with van der Waals surface area (Å²) in [4.78, 5) is 43.7. The van der Waals surface area contributed by atoms with Crippen LogP contribution in [-0.4, -0.2) is 62.5 Å². The Balaban J connectivity index is 1.53. The van der Waals surface area contributed by atoms with E-state index in [1.54, 1.807) is 17.3 Å². The second kappa shape index (κ2) is 6.70. The number of carbonyl (C=O) groups excluding carboxylic acids is 3. The second-order valence-corrected chi connectivity index (χ2v) is 7.05. The van der Waals surface area contributed by atoms with Crippen molar-refractivity contribution in [2.75, 3.05) is 24.6 Å². The molecule has 0 aromatic carbocycles. The van der Waals surface area contributed by atoms with Crippen LogP contribution in [0.2, 0.25) is 0 Å². The number of amides is 3. The summed E-state index contributed by atoms with van der Waals surface area (Å²) in [7, 11) is 0. The van der Waals surface area contributed by atoms with E-state index < -0.39 is 0 Å². The van der Waals surface area contributed by atoms with Crippen molar-refractivity contribution in [2.24, 2.45) is 0 Å². The lowest BCUT2D eigenvalue weighted by Gasteiger charge is -2.21. The molecular formula is C14H15N3O3S2. The van der Waals surface area contributed by atoms with E-state index in [2.05, 4.69) is 4.98 Å². The fourth-order valence-electron chi connectivity index (χ4n) is 2.57. The maximum absolute atomic E-state index is 12.2. The van der Waals surface area contributed by atoms with Crippen molar-refractivity contribution in [3.63, 3.8) is 0 Å². The van der Waals surface area contributed by atoms with Gasteiger partial charge in [0.2, 0.25) is 11.8 Å². The van der Waals surface area contributed by atoms with Crippen molar-refractivity contribution in [2.45, 2.75) is 17.4 Å². The minimum absolute atomic E-state index is 0.0380. The van der Waals surface area contributed by atoms with E-state index in [1.165, 1.54) is 16.7 Å². The normalized spacial score (nSPS) is 21.7. The van der Waals surface area contributed by atoms with Crippen LogP contribution in [0.1, 0.15) is 6.42 Å². The van der Waals surface area contributed by atoms with Gasteiger partial charge in [-0.1, -0.05) is 11.8 Å². The first-order valence-electron chi connectivity index (χ1n) is 6.94. The van der Waals surface area contributed by atoms with E-state index in [4.69, 9.17) is 0 Å². The maximum atomic E-state index is 12.2. The summed E-state index contributed by atoms with van der Waals surface area (Å²) in [5.74, 6) is 0.477. The Morgan fingerprint density at radius 1 is 1.36 bits per heavy atom. The van der Waals surface area contributed by atoms with E-state index in [0.29, 0.717) is 25.3 Å². The number of pyridine rings is 1. The molecule has 1 unspecified atom stereocenters. The summed E-state index contributed by atoms with van der Waals surface area (Å²) in [6.45, 7) is 1.05. The van der Waals surface area contributed by atoms with Crippen LogP contribution in [0.5, 0.6) is 0 Å². The Kier molecular flexibility index (Phi) is 4.68. The Labute approximate surface area is 136 Å². The molecule has 1 atom stereocenters. The van der Waals surface area contributed by atoms with Crippen LogP contribution in [0.25, 0.3) is 0 Å². The molecular weight excluding hydrogens is 322 g/mol. The van der Waals surface area contributed by atoms with Gasteiger partial charge in [-0.05, 0) is 18.6 Å². The minimum Gasteiger partial charge on any atom is -0.340 e. The number of hydrogen-bond donors (Lipinski definition) is 0. The zero-order valence-corrected chi connectivity index (χ0v) is 13.4. The molecule has 2 aliphatic heterocycles. The molecule has 3 heterocycles. The number of carbonyl (C=O) groups is 3. The zero-order chi connectivity index (χ0) is 15.5. The van der Waals surface area contributed by atoms with Crippen LogP contribution in [0.15, 0.2) is 29.4 Å². The molecule has 2 fully saturated rings. The highest BCUT2D eigenvalue weighted by atomic mass is 32.2. The average Bonchev–Trinajstić information content (AvgIpc) is 3.13. The number of rotatable bonds is 4. The van der Waals surface area contributed by atoms with Gasteiger partial charge in [0.15, 0.2) is 0 Å². The molecule has 3 amide bonds. The van der Waals surface area contributed by atoms with Gasteiger partial charge < -0.3 is 4.90 Å². The van der Waals surface area contributed by atoms with Gasteiger partial charge in [-0.25, -0.2) is 0 Å². The lowest BCUT2D eigenvalue weighted by atomic mass is 10.2. The zero-order valence-electron chi connectivity index (χ0n) is 11.8. The van der Waals surface area contributed by atoms with Crippen LogP contribution in [-0.2, 0) is 9.59 Å². The molecule has 1 aromatic heterocycles. The number of hydrogen-bond acceptors (Lipinski definition) is 6. The van der Waals surface area contributed by atoms with Crippen molar-refractivity contribution >= 4 is 40.6 Å². The summed E-state index contributed by atoms with van der Waals surface area (Å²) in [6, 6.07) is 3.57. The summed E-state index contributed by atoms with van der Waals surface area (Å²) < 4.78 is 0. The Bertz CT molecular complexity index is 580. The summed E-state index contributed by atoms with van der Waals surface area (Å²) in [5.41, 5.74) is 0. The Morgan fingerprint density at radius 2 is 2.14 bits per heavy atom. The van der Waals surface area contributed by atoms with Gasteiger partial charge in [-0.3, -0.25) is 24.3 Å². The highest BCUT2D eigenvalue weighted by molar-refractivity contribution is 8.14. The first-order chi connectivity index (χ1) is 10.6. The topological polar surface area (TPSA) is 70.6 Å². The van der Waals surface area contributed by atoms with Crippen LogP contribution >= 0.6 is 23.5 Å². The fraction of sp³-hybridized carbons (Fsp3) is 0.429. The third kappa shape index (κ3) is 3.27. The molecule has 3 rings (SSSR count). The maximum Gasteiger partial charge on any atom is 0.289 e. The lowest BCUT2D eigenvalue weighted by Crippen LogP contribution is -2.41. The molecule has 116 valence electrons. The number of nitrogens with zero attached hydrogens (tertiary/aromatic N) is 3. The predicted octanol–water partition coefficient (Wildman–Crippen LogP) is 1.47. The molecule has 0 saturated carbocycles. The predicted molar refractivity (Wildman–Crippen MR) is 84.6 cm³/mol. The second-order valence-electron chi connectivity index (χ2n) is 5.07. The Hall–Kier alpha value is -1.54. The van der Waals surface area contributed by atoms with Crippen molar-refractivity contribution in [3.05, 3.63) is 24.5 Å². The first-order valence-corrected chi connectivity index (χ1v) is 8.91. The van der Waals surface area contributed by atoms with E-state index in [0.717, 1.165) is 16.7 Å². The standard InChI is InChI=1S/C14H15N3O3S2/c18-12(8-21-11-1-4-15-5-2-11)16-6-3-10(7-16)17-13(19)9-22-14(17)20/h1-2,4-5,10H,3,6-9H2. The average molecular weight is 337 g/mol. The van der Waals surface area contributed by atoms with Gasteiger partial charge in [-0.15, -0.1) is 11.8 Å². The SMILES string of the molecule is O=C(CSc1ccncc1)N1CCC(N2C(=O)CSC2=O)C1. The van der Waals surface area contributed by atoms with Crippen molar-refractivity contribution in [1.29, 1.82) is 0 Å². The lowest BCUT2D eigenvalue weighted by molar-refractivity contribution is -0.129. The summed E-state index contributed by atoms with van der Waals surface area (Å²) in [6.07, 6.45) is 4.06. The first kappa shape index (κ1) is 15.4. The molecule has 0 bridgehead atoms. The highest BCUT2D eigenvalue weighted by Gasteiger charge is 2.40. The van der Waals surface area contributed by atoms with Gasteiger partial charge in [0.1, 0.15) is 0 Å². The van der Waals surface area contributed by atoms with Gasteiger partial charge in [0.25, 0.3) is 5.24 Å². The third-order valence-corrected chi connectivity index (χ3v) is 5.51. The van der Waals surface area contributed by atoms with Crippen LogP contribution < -0.4 is 0 Å². The van der Waals surface area contributed by atoms with Crippen LogP contribution in [0, 0.1) is 0 Å². The van der Waals surface area contributed by atoms with Gasteiger partial charge in [0, 0.05) is 30.4 Å². The molecule has 2 saturated heterocycles. The van der Waals surface area contributed by atoms with E-state index in [-0.39, 0.29) is 28.8 Å². The Morgan fingerprint density at radius 3 is 2.82 bits per heavy atom. The summed E-state index contributed by atoms with van der Waals surface area (Å²) >= 11 is 2.51. The van der Waals surface area contributed by atoms with E-state index in [9.17, 15) is 14.4 Å². The fourth-order valence-corrected chi connectivity index (χ4v) is 4.13. The van der Waals surface area contributed by atoms with Crippen LogP contribution in [0.3, 0.4) is 0 Å². The van der Waals surface area contributed by atoms with Crippen LogP contribution in [0.4, 0.5) is 4.79 Å². The number of aromatic nitrogens is 1. The van der Waals surface area contributed by atoms with Crippen molar-refractivity contribution in [3.8, 4) is 0 Å². The summed E-state index contributed by atoms with van der Waals surface area (Å²) in [5, 5.41) is -0.185. The van der Waals surface area contributed by atoms with E-state index >= 15 is 0 Å². The number of likely N-dealkylation sites (tertiary alicyclic amines) is 1. The third-order valence-electron chi connectivity index (χ3n) is 3.68. The molecule has 0 N–H and O–H groups in total. The minimum atomic E-state index is -0.185. The van der Waals surface area contributed by atoms with Gasteiger partial charge in [-0.2, -0.15) is 0 Å². The largest absolute Gasteiger partial charge is 0.340 e. The molecule has 0 spiro atoms. The molecule has 0 aliphatic carbocycles. The smallest absolute Gasteiger partial charge is 0.289 e. The monoisotopic (exact) mass is 337 g/mol.